The van der Waals surface area contributed by atoms with Crippen molar-refractivity contribution >= 4 is 17.7 Å². The van der Waals surface area contributed by atoms with Crippen molar-refractivity contribution in [2.75, 3.05) is 0 Å². The third-order valence-electron chi connectivity index (χ3n) is 7.69. The van der Waals surface area contributed by atoms with Gasteiger partial charge < -0.3 is 26.6 Å². The van der Waals surface area contributed by atoms with Gasteiger partial charge in [-0.2, -0.15) is 0 Å². The van der Waals surface area contributed by atoms with Gasteiger partial charge in [-0.25, -0.2) is 4.39 Å². The number of aromatic nitrogens is 1. The number of hydrogen-bond donors (Lipinski definition) is 4. The minimum absolute atomic E-state index is 0. The second-order valence-corrected chi connectivity index (χ2v) is 11.5. The molecule has 0 spiro atoms. The topological polar surface area (TPSA) is 129 Å². The molecule has 0 saturated carbocycles. The van der Waals surface area contributed by atoms with Gasteiger partial charge in [-0.1, -0.05) is 60.7 Å². The Morgan fingerprint density at radius 3 is 2.15 bits per heavy atom. The summed E-state index contributed by atoms with van der Waals surface area (Å²) in [4.78, 5) is 37.1. The van der Waals surface area contributed by atoms with E-state index in [1.54, 1.807) is 30.3 Å². The molecule has 0 fully saturated rings. The van der Waals surface area contributed by atoms with Crippen molar-refractivity contribution in [1.82, 2.24) is 9.88 Å². The third-order valence-corrected chi connectivity index (χ3v) is 7.69. The van der Waals surface area contributed by atoms with Gasteiger partial charge in [0.2, 0.25) is 0 Å². The van der Waals surface area contributed by atoms with Crippen molar-refractivity contribution in [2.24, 2.45) is 0 Å². The molecule has 4 N–H and O–H groups in total. The number of halogens is 1. The predicted octanol–water partition coefficient (Wildman–Crippen LogP) is 3.31. The van der Waals surface area contributed by atoms with Crippen molar-refractivity contribution in [3.05, 3.63) is 107 Å². The summed E-state index contributed by atoms with van der Waals surface area (Å²) in [6, 6.07) is 22.4. The quantitative estimate of drug-likeness (QED) is 0.124. The molecule has 4 aromatic rings. The fourth-order valence-electron chi connectivity index (χ4n) is 5.68. The zero-order valence-electron chi connectivity index (χ0n) is 27.7. The molecule has 1 amide bonds. The van der Waals surface area contributed by atoms with Crippen LogP contribution in [0.25, 0.3) is 22.3 Å². The molecule has 0 aliphatic rings. The molecule has 10 heteroatoms. The number of Topliss-reactive ketones (excluding diaryl/α,β-unsaturated/α-hetero) is 1. The molecule has 4 rings (SSSR count). The molecule has 1 heterocycles. The summed E-state index contributed by atoms with van der Waals surface area (Å²) in [6.07, 6.45) is -2.30. The van der Waals surface area contributed by atoms with Crippen LogP contribution >= 0.6 is 0 Å². The maximum atomic E-state index is 14.2. The minimum Gasteiger partial charge on any atom is -1.00 e. The number of aliphatic carboxylic acids is 1. The van der Waals surface area contributed by atoms with Crippen molar-refractivity contribution in [1.29, 1.82) is 0 Å². The van der Waals surface area contributed by atoms with Gasteiger partial charge in [-0.15, -0.1) is 0 Å². The Morgan fingerprint density at radius 2 is 1.54 bits per heavy atom. The number of ketones is 1. The van der Waals surface area contributed by atoms with Crippen LogP contribution in [-0.4, -0.2) is 49.8 Å². The Bertz CT molecular complexity index is 1660. The smallest absolute Gasteiger partial charge is 1.00 e. The SMILES string of the molecule is CC(=O)c1cccc(CNC(=O)c2c(-c3ccccc3)c(-c3ccc(F)cc3)c(CCC(O)CC(O)CC(=O)O)n2C(C)C)c1.[H-].[Na+]. The van der Waals surface area contributed by atoms with Gasteiger partial charge in [0.05, 0.1) is 18.6 Å². The number of carboxylic acid groups (broad SMARTS) is 1. The molecule has 0 aliphatic carbocycles. The molecule has 1 aromatic heterocycles. The average Bonchev–Trinajstić information content (AvgIpc) is 3.35. The van der Waals surface area contributed by atoms with E-state index in [9.17, 15) is 29.0 Å². The van der Waals surface area contributed by atoms with E-state index < -0.39 is 30.4 Å². The van der Waals surface area contributed by atoms with Crippen LogP contribution in [0.2, 0.25) is 0 Å². The van der Waals surface area contributed by atoms with Crippen LogP contribution in [0.3, 0.4) is 0 Å². The summed E-state index contributed by atoms with van der Waals surface area (Å²) >= 11 is 0. The van der Waals surface area contributed by atoms with Crippen LogP contribution in [0.5, 0.6) is 0 Å². The molecule has 0 aliphatic heterocycles. The molecule has 238 valence electrons. The molecule has 2 unspecified atom stereocenters. The molecular weight excluding hydrogens is 598 g/mol. The van der Waals surface area contributed by atoms with Crippen LogP contribution in [-0.2, 0) is 17.8 Å². The monoisotopic (exact) mass is 638 g/mol. The zero-order chi connectivity index (χ0) is 32.7. The van der Waals surface area contributed by atoms with Crippen LogP contribution in [0.4, 0.5) is 4.39 Å². The summed E-state index contributed by atoms with van der Waals surface area (Å²) in [7, 11) is 0. The normalized spacial score (nSPS) is 12.3. The molecule has 0 radical (unpaired) electrons. The maximum Gasteiger partial charge on any atom is 1.00 e. The number of carbonyl (C=O) groups is 3. The Morgan fingerprint density at radius 1 is 0.891 bits per heavy atom. The molecule has 0 bridgehead atoms. The first-order valence-corrected chi connectivity index (χ1v) is 15.0. The average molecular weight is 639 g/mol. The van der Waals surface area contributed by atoms with Crippen LogP contribution in [0.1, 0.15) is 79.6 Å². The summed E-state index contributed by atoms with van der Waals surface area (Å²) < 4.78 is 16.0. The molecule has 3 aromatic carbocycles. The molecular formula is C36H40FN2NaO6. The number of hydrogen-bond acceptors (Lipinski definition) is 5. The van der Waals surface area contributed by atoms with E-state index in [1.165, 1.54) is 19.1 Å². The second kappa shape index (κ2) is 16.8. The van der Waals surface area contributed by atoms with Gasteiger partial charge in [-0.3, -0.25) is 14.4 Å². The first kappa shape index (κ1) is 36.9. The number of carbonyl (C=O) groups excluding carboxylic acids is 2. The van der Waals surface area contributed by atoms with Gasteiger partial charge in [0.25, 0.3) is 5.91 Å². The molecule has 8 nitrogen and oxygen atoms in total. The Kier molecular flexibility index (Phi) is 13.5. The third kappa shape index (κ3) is 9.24. The first-order chi connectivity index (χ1) is 21.5. The van der Waals surface area contributed by atoms with Gasteiger partial charge in [-0.05, 0) is 74.9 Å². The zero-order valence-corrected chi connectivity index (χ0v) is 28.7. The maximum absolute atomic E-state index is 14.2. The van der Waals surface area contributed by atoms with Crippen molar-refractivity contribution in [2.45, 2.75) is 71.2 Å². The fourth-order valence-corrected chi connectivity index (χ4v) is 5.68. The van der Waals surface area contributed by atoms with Crippen LogP contribution in [0, 0.1) is 5.82 Å². The number of nitrogens with zero attached hydrogens (tertiary/aromatic N) is 1. The summed E-state index contributed by atoms with van der Waals surface area (Å²) in [5, 5.41) is 32.9. The van der Waals surface area contributed by atoms with E-state index in [0.717, 1.165) is 22.4 Å². The van der Waals surface area contributed by atoms with E-state index in [1.807, 2.05) is 54.8 Å². The Labute approximate surface area is 292 Å². The summed E-state index contributed by atoms with van der Waals surface area (Å²) in [5.41, 5.74) is 5.29. The molecule has 46 heavy (non-hydrogen) atoms. The minimum atomic E-state index is -1.20. The number of carboxylic acids is 1. The number of aliphatic hydroxyl groups excluding tert-OH is 2. The number of benzene rings is 3. The Balaban J connectivity index is 0.00000384. The Hall–Kier alpha value is -3.60. The number of amides is 1. The van der Waals surface area contributed by atoms with Gasteiger partial charge in [0.15, 0.2) is 5.78 Å². The summed E-state index contributed by atoms with van der Waals surface area (Å²) in [5.74, 6) is -1.98. The predicted molar refractivity (Wildman–Crippen MR) is 172 cm³/mol. The van der Waals surface area contributed by atoms with E-state index in [4.69, 9.17) is 5.11 Å². The van der Waals surface area contributed by atoms with Crippen LogP contribution in [0.15, 0.2) is 78.9 Å². The van der Waals surface area contributed by atoms with Crippen molar-refractivity contribution in [3.63, 3.8) is 0 Å². The first-order valence-electron chi connectivity index (χ1n) is 15.0. The van der Waals surface area contributed by atoms with Crippen LogP contribution < -0.4 is 34.9 Å². The van der Waals surface area contributed by atoms with E-state index in [-0.39, 0.29) is 68.1 Å². The van der Waals surface area contributed by atoms with E-state index in [0.29, 0.717) is 28.8 Å². The van der Waals surface area contributed by atoms with Gasteiger partial charge in [0.1, 0.15) is 11.5 Å². The van der Waals surface area contributed by atoms with Gasteiger partial charge in [0, 0.05) is 35.0 Å². The number of rotatable bonds is 14. The number of nitrogens with one attached hydrogen (secondary N) is 1. The van der Waals surface area contributed by atoms with Crippen molar-refractivity contribution in [3.8, 4) is 22.3 Å². The molecule has 2 atom stereocenters. The largest absolute Gasteiger partial charge is 1.00 e. The van der Waals surface area contributed by atoms with Gasteiger partial charge >= 0.3 is 35.5 Å². The summed E-state index contributed by atoms with van der Waals surface area (Å²) in [6.45, 7) is 5.57. The second-order valence-electron chi connectivity index (χ2n) is 11.5. The standard InChI is InChI=1S/C36H39FN2O6.Na.H/c1-22(2)39-31(17-16-29(41)19-30(42)20-32(43)44)33(26-12-14-28(37)15-13-26)34(25-9-5-4-6-10-25)35(39)36(45)38-21-24-8-7-11-27(18-24)23(3)40;;/h4-15,18,22,29-30,41-42H,16-17,19-21H2,1-3H3,(H,38,45)(H,43,44);;/q;+1;-1. The van der Waals surface area contributed by atoms with Crippen molar-refractivity contribution < 1.29 is 65.1 Å². The number of aliphatic hydroxyl groups is 2. The van der Waals surface area contributed by atoms with E-state index in [2.05, 4.69) is 5.32 Å². The molecule has 0 saturated heterocycles. The van der Waals surface area contributed by atoms with E-state index >= 15 is 0 Å². The fraction of sp³-hybridized carbons (Fsp3) is 0.306.